The Morgan fingerprint density at radius 1 is 0.944 bits per heavy atom. The number of ether oxygens (including phenoxy) is 1. The third-order valence-corrected chi connectivity index (χ3v) is 3.46. The van der Waals surface area contributed by atoms with Crippen molar-refractivity contribution in [2.75, 3.05) is 12.8 Å². The molecule has 0 fully saturated rings. The number of anilines is 1. The highest BCUT2D eigenvalue weighted by Gasteiger charge is 2.10. The SMILES string of the molecule is COc1c(-c2ccc(N)c(C)c2)ccc(C)c1C. The molecule has 0 amide bonds. The van der Waals surface area contributed by atoms with E-state index in [1.807, 2.05) is 19.1 Å². The average Bonchev–Trinajstić information content (AvgIpc) is 2.36. The molecule has 0 aliphatic heterocycles. The number of methoxy groups -OCH3 is 1. The van der Waals surface area contributed by atoms with Crippen LogP contribution in [0.4, 0.5) is 5.69 Å². The third-order valence-electron chi connectivity index (χ3n) is 3.46. The lowest BCUT2D eigenvalue weighted by molar-refractivity contribution is 0.413. The van der Waals surface area contributed by atoms with Gasteiger partial charge in [-0.1, -0.05) is 18.2 Å². The van der Waals surface area contributed by atoms with E-state index in [0.717, 1.165) is 28.1 Å². The molecule has 0 saturated carbocycles. The number of hydrogen-bond donors (Lipinski definition) is 1. The first-order chi connectivity index (χ1) is 8.54. The number of nitrogen functional groups attached to an aromatic ring is 1. The predicted molar refractivity (Wildman–Crippen MR) is 77.1 cm³/mol. The van der Waals surface area contributed by atoms with Crippen LogP contribution in [0.2, 0.25) is 0 Å². The van der Waals surface area contributed by atoms with Crippen LogP contribution >= 0.6 is 0 Å². The predicted octanol–water partition coefficient (Wildman–Crippen LogP) is 3.87. The topological polar surface area (TPSA) is 35.2 Å². The van der Waals surface area contributed by atoms with Gasteiger partial charge in [0.15, 0.2) is 0 Å². The van der Waals surface area contributed by atoms with Gasteiger partial charge in [-0.15, -0.1) is 0 Å². The van der Waals surface area contributed by atoms with E-state index in [-0.39, 0.29) is 0 Å². The molecule has 0 aromatic heterocycles. The fraction of sp³-hybridized carbons (Fsp3) is 0.250. The van der Waals surface area contributed by atoms with Gasteiger partial charge in [0, 0.05) is 11.3 Å². The van der Waals surface area contributed by atoms with Crippen molar-refractivity contribution in [3.63, 3.8) is 0 Å². The number of rotatable bonds is 2. The number of aryl methyl sites for hydroxylation is 2. The van der Waals surface area contributed by atoms with E-state index in [0.29, 0.717) is 0 Å². The van der Waals surface area contributed by atoms with Crippen molar-refractivity contribution in [2.45, 2.75) is 20.8 Å². The average molecular weight is 241 g/mol. The Morgan fingerprint density at radius 3 is 2.28 bits per heavy atom. The van der Waals surface area contributed by atoms with Gasteiger partial charge in [0.2, 0.25) is 0 Å². The fourth-order valence-corrected chi connectivity index (χ4v) is 2.12. The first kappa shape index (κ1) is 12.5. The summed E-state index contributed by atoms with van der Waals surface area (Å²) in [5.41, 5.74) is 12.4. The Labute approximate surface area is 108 Å². The quantitative estimate of drug-likeness (QED) is 0.810. The van der Waals surface area contributed by atoms with Gasteiger partial charge in [0.05, 0.1) is 7.11 Å². The molecule has 2 N–H and O–H groups in total. The molecule has 0 bridgehead atoms. The Bertz CT molecular complexity index is 588. The van der Waals surface area contributed by atoms with Crippen molar-refractivity contribution in [3.05, 3.63) is 47.0 Å². The second-order valence-electron chi connectivity index (χ2n) is 4.66. The van der Waals surface area contributed by atoms with E-state index in [9.17, 15) is 0 Å². The fourth-order valence-electron chi connectivity index (χ4n) is 2.12. The molecule has 0 spiro atoms. The van der Waals surface area contributed by atoms with Crippen LogP contribution in [0, 0.1) is 20.8 Å². The van der Waals surface area contributed by atoms with Crippen LogP contribution in [0.3, 0.4) is 0 Å². The van der Waals surface area contributed by atoms with Crippen molar-refractivity contribution in [2.24, 2.45) is 0 Å². The smallest absolute Gasteiger partial charge is 0.129 e. The lowest BCUT2D eigenvalue weighted by Gasteiger charge is -2.14. The van der Waals surface area contributed by atoms with Gasteiger partial charge in [-0.2, -0.15) is 0 Å². The molecule has 2 rings (SSSR count). The van der Waals surface area contributed by atoms with Gasteiger partial charge in [-0.3, -0.25) is 0 Å². The Kier molecular flexibility index (Phi) is 3.28. The summed E-state index contributed by atoms with van der Waals surface area (Å²) < 4.78 is 5.55. The Morgan fingerprint density at radius 2 is 1.67 bits per heavy atom. The number of nitrogens with two attached hydrogens (primary N) is 1. The third kappa shape index (κ3) is 2.06. The molecule has 0 radical (unpaired) electrons. The molecule has 2 heteroatoms. The lowest BCUT2D eigenvalue weighted by atomic mass is 9.97. The minimum Gasteiger partial charge on any atom is -0.496 e. The van der Waals surface area contributed by atoms with Gasteiger partial charge in [0.25, 0.3) is 0 Å². The Hall–Kier alpha value is -1.96. The molecular formula is C16H19NO. The molecular weight excluding hydrogens is 222 g/mol. The summed E-state index contributed by atoms with van der Waals surface area (Å²) in [6.07, 6.45) is 0. The minimum absolute atomic E-state index is 0.821. The van der Waals surface area contributed by atoms with Gasteiger partial charge >= 0.3 is 0 Å². The maximum Gasteiger partial charge on any atom is 0.129 e. The maximum absolute atomic E-state index is 5.86. The van der Waals surface area contributed by atoms with Gasteiger partial charge in [-0.05, 0) is 55.2 Å². The zero-order chi connectivity index (χ0) is 13.3. The largest absolute Gasteiger partial charge is 0.496 e. The molecule has 2 nitrogen and oxygen atoms in total. The van der Waals surface area contributed by atoms with E-state index in [1.54, 1.807) is 7.11 Å². The minimum atomic E-state index is 0.821. The zero-order valence-electron chi connectivity index (χ0n) is 11.4. The number of hydrogen-bond acceptors (Lipinski definition) is 2. The molecule has 0 aliphatic rings. The highest BCUT2D eigenvalue weighted by atomic mass is 16.5. The zero-order valence-corrected chi connectivity index (χ0v) is 11.4. The van der Waals surface area contributed by atoms with E-state index >= 15 is 0 Å². The van der Waals surface area contributed by atoms with Crippen LogP contribution in [-0.4, -0.2) is 7.11 Å². The molecule has 2 aromatic rings. The van der Waals surface area contributed by atoms with Gasteiger partial charge in [-0.25, -0.2) is 0 Å². The summed E-state index contributed by atoms with van der Waals surface area (Å²) >= 11 is 0. The summed E-state index contributed by atoms with van der Waals surface area (Å²) in [6.45, 7) is 6.20. The molecule has 18 heavy (non-hydrogen) atoms. The van der Waals surface area contributed by atoms with Crippen molar-refractivity contribution in [1.29, 1.82) is 0 Å². The summed E-state index contributed by atoms with van der Waals surface area (Å²) in [5.74, 6) is 0.944. The van der Waals surface area contributed by atoms with Crippen molar-refractivity contribution in [1.82, 2.24) is 0 Å². The van der Waals surface area contributed by atoms with Gasteiger partial charge in [0.1, 0.15) is 5.75 Å². The maximum atomic E-state index is 5.86. The molecule has 0 saturated heterocycles. The molecule has 0 atom stereocenters. The molecule has 2 aromatic carbocycles. The van der Waals surface area contributed by atoms with Crippen LogP contribution in [0.15, 0.2) is 30.3 Å². The Balaban J connectivity index is 2.63. The second-order valence-corrected chi connectivity index (χ2v) is 4.66. The molecule has 94 valence electrons. The van der Waals surface area contributed by atoms with E-state index in [2.05, 4.69) is 32.0 Å². The van der Waals surface area contributed by atoms with Crippen LogP contribution in [0.1, 0.15) is 16.7 Å². The van der Waals surface area contributed by atoms with Crippen LogP contribution < -0.4 is 10.5 Å². The summed E-state index contributed by atoms with van der Waals surface area (Å²) in [4.78, 5) is 0. The molecule has 0 aliphatic carbocycles. The van der Waals surface area contributed by atoms with Crippen LogP contribution in [0.5, 0.6) is 5.75 Å². The summed E-state index contributed by atoms with van der Waals surface area (Å²) in [5, 5.41) is 0. The van der Waals surface area contributed by atoms with E-state index < -0.39 is 0 Å². The van der Waals surface area contributed by atoms with Crippen LogP contribution in [-0.2, 0) is 0 Å². The van der Waals surface area contributed by atoms with E-state index in [4.69, 9.17) is 10.5 Å². The van der Waals surface area contributed by atoms with Crippen LogP contribution in [0.25, 0.3) is 11.1 Å². The standard InChI is InChI=1S/C16H19NO/c1-10-5-7-14(16(18-4)12(10)3)13-6-8-15(17)11(2)9-13/h5-9H,17H2,1-4H3. The van der Waals surface area contributed by atoms with Gasteiger partial charge < -0.3 is 10.5 Å². The summed E-state index contributed by atoms with van der Waals surface area (Å²) in [6, 6.07) is 10.3. The highest BCUT2D eigenvalue weighted by Crippen LogP contribution is 2.35. The second kappa shape index (κ2) is 4.73. The molecule has 0 heterocycles. The monoisotopic (exact) mass is 241 g/mol. The normalized spacial score (nSPS) is 10.4. The van der Waals surface area contributed by atoms with Crippen molar-refractivity contribution >= 4 is 5.69 Å². The number of benzene rings is 2. The van der Waals surface area contributed by atoms with Crippen molar-refractivity contribution in [3.8, 4) is 16.9 Å². The lowest BCUT2D eigenvalue weighted by Crippen LogP contribution is -1.95. The van der Waals surface area contributed by atoms with Crippen molar-refractivity contribution < 1.29 is 4.74 Å². The summed E-state index contributed by atoms with van der Waals surface area (Å²) in [7, 11) is 1.72. The first-order valence-corrected chi connectivity index (χ1v) is 6.05. The highest BCUT2D eigenvalue weighted by molar-refractivity contribution is 5.75. The van der Waals surface area contributed by atoms with E-state index in [1.165, 1.54) is 11.1 Å². The molecule has 0 unspecified atom stereocenters. The first-order valence-electron chi connectivity index (χ1n) is 6.05.